The maximum absolute atomic E-state index is 12.5. The molecule has 4 heteroatoms. The first-order valence-corrected chi connectivity index (χ1v) is 8.06. The van der Waals surface area contributed by atoms with Gasteiger partial charge in [0.15, 0.2) is 0 Å². The van der Waals surface area contributed by atoms with E-state index in [0.29, 0.717) is 5.76 Å². The minimum atomic E-state index is -0.0269. The molecule has 1 unspecified atom stereocenters. The molecule has 0 N–H and O–H groups in total. The quantitative estimate of drug-likeness (QED) is 0.865. The molecule has 0 aliphatic carbocycles. The molecule has 2 heterocycles. The molecule has 1 saturated heterocycles. The van der Waals surface area contributed by atoms with Gasteiger partial charge in [0.05, 0.1) is 5.69 Å². The van der Waals surface area contributed by atoms with Crippen molar-refractivity contribution in [3.8, 4) is 0 Å². The van der Waals surface area contributed by atoms with Crippen LogP contribution in [0.4, 0.5) is 0 Å². The van der Waals surface area contributed by atoms with E-state index in [1.165, 1.54) is 18.4 Å². The summed E-state index contributed by atoms with van der Waals surface area (Å²) in [6.07, 6.45) is 4.56. The van der Waals surface area contributed by atoms with Gasteiger partial charge in [0, 0.05) is 25.1 Å². The average molecular weight is 298 g/mol. The molecule has 1 amide bonds. The van der Waals surface area contributed by atoms with E-state index in [2.05, 4.69) is 24.2 Å². The monoisotopic (exact) mass is 298 g/mol. The van der Waals surface area contributed by atoms with Gasteiger partial charge in [0.1, 0.15) is 0 Å². The molecule has 22 heavy (non-hydrogen) atoms. The van der Waals surface area contributed by atoms with Crippen LogP contribution in [0.2, 0.25) is 0 Å². The van der Waals surface area contributed by atoms with Gasteiger partial charge in [-0.05, 0) is 18.4 Å². The molecule has 1 fully saturated rings. The lowest BCUT2D eigenvalue weighted by Gasteiger charge is -2.18. The summed E-state index contributed by atoms with van der Waals surface area (Å²) < 4.78 is 5.32. The zero-order chi connectivity index (χ0) is 15.4. The molecule has 3 rings (SSSR count). The number of likely N-dealkylation sites (tertiary alicyclic amines) is 1. The highest BCUT2D eigenvalue weighted by atomic mass is 16.5. The number of benzene rings is 1. The molecule has 0 spiro atoms. The van der Waals surface area contributed by atoms with Crippen LogP contribution in [0.15, 0.2) is 40.9 Å². The second kappa shape index (κ2) is 6.77. The van der Waals surface area contributed by atoms with Crippen LogP contribution in [0.25, 0.3) is 0 Å². The minimum absolute atomic E-state index is 0.0269. The van der Waals surface area contributed by atoms with E-state index in [1.54, 1.807) is 6.07 Å². The first-order chi connectivity index (χ1) is 10.8. The summed E-state index contributed by atoms with van der Waals surface area (Å²) in [5.74, 6) is 0.455. The summed E-state index contributed by atoms with van der Waals surface area (Å²) in [6, 6.07) is 11.9. The van der Waals surface area contributed by atoms with Gasteiger partial charge in [-0.1, -0.05) is 55.3 Å². The van der Waals surface area contributed by atoms with Crippen LogP contribution in [0.1, 0.15) is 60.3 Å². The molecule has 2 aromatic rings. The highest BCUT2D eigenvalue weighted by Crippen LogP contribution is 2.24. The second-order valence-electron chi connectivity index (χ2n) is 5.95. The molecule has 1 atom stereocenters. The van der Waals surface area contributed by atoms with Crippen LogP contribution < -0.4 is 0 Å². The fourth-order valence-electron chi connectivity index (χ4n) is 2.94. The van der Waals surface area contributed by atoms with Gasteiger partial charge in [-0.2, -0.15) is 0 Å². The molecule has 1 aliphatic rings. The number of hydrogen-bond acceptors (Lipinski definition) is 3. The molecule has 1 aromatic carbocycles. The Balaban J connectivity index is 1.74. The number of aromatic nitrogens is 1. The van der Waals surface area contributed by atoms with Crippen LogP contribution in [0.5, 0.6) is 0 Å². The van der Waals surface area contributed by atoms with Crippen LogP contribution in [0, 0.1) is 0 Å². The van der Waals surface area contributed by atoms with Gasteiger partial charge in [-0.3, -0.25) is 4.79 Å². The van der Waals surface area contributed by atoms with Gasteiger partial charge in [-0.25, -0.2) is 0 Å². The zero-order valence-corrected chi connectivity index (χ0v) is 13.0. The molecule has 0 bridgehead atoms. The van der Waals surface area contributed by atoms with E-state index < -0.39 is 0 Å². The van der Waals surface area contributed by atoms with Gasteiger partial charge >= 0.3 is 0 Å². The Kier molecular flexibility index (Phi) is 4.56. The van der Waals surface area contributed by atoms with Crippen molar-refractivity contribution in [3.63, 3.8) is 0 Å². The van der Waals surface area contributed by atoms with Crippen molar-refractivity contribution in [1.82, 2.24) is 10.1 Å². The van der Waals surface area contributed by atoms with E-state index in [-0.39, 0.29) is 11.8 Å². The molecule has 1 aromatic heterocycles. The zero-order valence-electron chi connectivity index (χ0n) is 13.0. The van der Waals surface area contributed by atoms with Crippen molar-refractivity contribution in [1.29, 1.82) is 0 Å². The molecule has 0 radical (unpaired) electrons. The predicted octanol–water partition coefficient (Wildman–Crippen LogP) is 3.84. The smallest absolute Gasteiger partial charge is 0.292 e. The molecule has 1 aliphatic heterocycles. The summed E-state index contributed by atoms with van der Waals surface area (Å²) in [5, 5.41) is 4.11. The molecule has 4 nitrogen and oxygen atoms in total. The van der Waals surface area contributed by atoms with Crippen LogP contribution in [-0.4, -0.2) is 29.1 Å². The van der Waals surface area contributed by atoms with Crippen molar-refractivity contribution in [2.75, 3.05) is 13.1 Å². The van der Waals surface area contributed by atoms with Gasteiger partial charge < -0.3 is 9.42 Å². The van der Waals surface area contributed by atoms with Crippen molar-refractivity contribution in [2.24, 2.45) is 0 Å². The van der Waals surface area contributed by atoms with Crippen molar-refractivity contribution >= 4 is 5.91 Å². The standard InChI is InChI=1S/C18H22N2O2/c1-14(15-9-5-4-6-10-15)16-13-17(22-19-16)18(21)20-11-7-2-3-8-12-20/h4-6,9-10,13-14H,2-3,7-8,11-12H2,1H3. The highest BCUT2D eigenvalue weighted by Gasteiger charge is 2.23. The lowest BCUT2D eigenvalue weighted by Crippen LogP contribution is -2.31. The number of hydrogen-bond donors (Lipinski definition) is 0. The van der Waals surface area contributed by atoms with E-state index in [0.717, 1.165) is 31.6 Å². The summed E-state index contributed by atoms with van der Waals surface area (Å²) in [4.78, 5) is 14.4. The van der Waals surface area contributed by atoms with Crippen molar-refractivity contribution in [3.05, 3.63) is 53.4 Å². The normalized spacial score (nSPS) is 17.0. The Bertz CT molecular complexity index is 613. The number of rotatable bonds is 3. The Morgan fingerprint density at radius 2 is 1.82 bits per heavy atom. The highest BCUT2D eigenvalue weighted by molar-refractivity contribution is 5.91. The minimum Gasteiger partial charge on any atom is -0.351 e. The lowest BCUT2D eigenvalue weighted by molar-refractivity contribution is 0.0719. The molecule has 0 saturated carbocycles. The number of nitrogens with zero attached hydrogens (tertiary/aromatic N) is 2. The first kappa shape index (κ1) is 14.8. The van der Waals surface area contributed by atoms with Crippen molar-refractivity contribution in [2.45, 2.75) is 38.5 Å². The van der Waals surface area contributed by atoms with Gasteiger partial charge in [-0.15, -0.1) is 0 Å². The fraction of sp³-hybridized carbons (Fsp3) is 0.444. The third-order valence-corrected chi connectivity index (χ3v) is 4.38. The second-order valence-corrected chi connectivity index (χ2v) is 5.95. The van der Waals surface area contributed by atoms with Gasteiger partial charge in [0.25, 0.3) is 5.91 Å². The SMILES string of the molecule is CC(c1ccccc1)c1cc(C(=O)N2CCCCCC2)on1. The van der Waals surface area contributed by atoms with E-state index in [1.807, 2.05) is 23.1 Å². The van der Waals surface area contributed by atoms with Crippen LogP contribution in [-0.2, 0) is 0 Å². The van der Waals surface area contributed by atoms with Gasteiger partial charge in [0.2, 0.25) is 5.76 Å². The van der Waals surface area contributed by atoms with Crippen molar-refractivity contribution < 1.29 is 9.32 Å². The Morgan fingerprint density at radius 3 is 2.50 bits per heavy atom. The maximum Gasteiger partial charge on any atom is 0.292 e. The number of amides is 1. The lowest BCUT2D eigenvalue weighted by atomic mass is 9.98. The Morgan fingerprint density at radius 1 is 1.14 bits per heavy atom. The molecular weight excluding hydrogens is 276 g/mol. The number of carbonyl (C=O) groups excluding carboxylic acids is 1. The fourth-order valence-corrected chi connectivity index (χ4v) is 2.94. The topological polar surface area (TPSA) is 46.3 Å². The van der Waals surface area contributed by atoms with E-state index in [9.17, 15) is 4.79 Å². The Labute approximate surface area is 131 Å². The summed E-state index contributed by atoms with van der Waals surface area (Å²) in [6.45, 7) is 3.72. The first-order valence-electron chi connectivity index (χ1n) is 8.06. The third kappa shape index (κ3) is 3.21. The molecular formula is C18H22N2O2. The Hall–Kier alpha value is -2.10. The largest absolute Gasteiger partial charge is 0.351 e. The maximum atomic E-state index is 12.5. The van der Waals surface area contributed by atoms with Crippen LogP contribution in [0.3, 0.4) is 0 Å². The summed E-state index contributed by atoms with van der Waals surface area (Å²) in [7, 11) is 0. The summed E-state index contributed by atoms with van der Waals surface area (Å²) in [5.41, 5.74) is 1.98. The predicted molar refractivity (Wildman–Crippen MR) is 84.8 cm³/mol. The molecule has 116 valence electrons. The summed E-state index contributed by atoms with van der Waals surface area (Å²) >= 11 is 0. The van der Waals surface area contributed by atoms with Crippen LogP contribution >= 0.6 is 0 Å². The number of carbonyl (C=O) groups is 1. The van der Waals surface area contributed by atoms with E-state index in [4.69, 9.17) is 4.52 Å². The average Bonchev–Trinajstić information content (AvgIpc) is 2.90. The van der Waals surface area contributed by atoms with E-state index >= 15 is 0 Å². The third-order valence-electron chi connectivity index (χ3n) is 4.38.